The zero-order chi connectivity index (χ0) is 8.28. The first-order valence-corrected chi connectivity index (χ1v) is 4.40. The zero-order valence-corrected chi connectivity index (χ0v) is 7.70. The van der Waals surface area contributed by atoms with E-state index in [2.05, 4.69) is 33.4 Å². The lowest BCUT2D eigenvalue weighted by Crippen LogP contribution is -2.41. The molecule has 0 aromatic rings. The van der Waals surface area contributed by atoms with Crippen molar-refractivity contribution in [3.05, 3.63) is 23.8 Å². The Bertz CT molecular complexity index is 255. The Labute approximate surface area is 69.0 Å². The highest BCUT2D eigenvalue weighted by Crippen LogP contribution is 2.69. The van der Waals surface area contributed by atoms with E-state index in [0.717, 1.165) is 0 Å². The maximum atomic E-state index is 3.88. The summed E-state index contributed by atoms with van der Waals surface area (Å²) in [6.45, 7) is 11.0. The SMILES string of the molecule is C=CC1=C2CC[C@]1(C)C2(C)C. The maximum Gasteiger partial charge on any atom is 0.00158 e. The van der Waals surface area contributed by atoms with Gasteiger partial charge in [-0.3, -0.25) is 0 Å². The van der Waals surface area contributed by atoms with E-state index in [9.17, 15) is 0 Å². The van der Waals surface area contributed by atoms with Crippen LogP contribution in [0.5, 0.6) is 0 Å². The van der Waals surface area contributed by atoms with Crippen LogP contribution in [0.3, 0.4) is 0 Å². The molecule has 0 heteroatoms. The van der Waals surface area contributed by atoms with Crippen molar-refractivity contribution in [3.8, 4) is 0 Å². The summed E-state index contributed by atoms with van der Waals surface area (Å²) < 4.78 is 0. The number of allylic oxidation sites excluding steroid dienone is 3. The monoisotopic (exact) mass is 148 g/mol. The molecule has 3 rings (SSSR count). The fourth-order valence-electron chi connectivity index (χ4n) is 2.89. The first-order chi connectivity index (χ1) is 5.04. The van der Waals surface area contributed by atoms with E-state index in [1.54, 1.807) is 11.1 Å². The molecule has 0 aromatic carbocycles. The van der Waals surface area contributed by atoms with Gasteiger partial charge in [-0.2, -0.15) is 0 Å². The molecular weight excluding hydrogens is 132 g/mol. The lowest BCUT2D eigenvalue weighted by Gasteiger charge is -2.50. The van der Waals surface area contributed by atoms with E-state index in [1.165, 1.54) is 12.8 Å². The molecule has 60 valence electrons. The fourth-order valence-corrected chi connectivity index (χ4v) is 2.89. The fraction of sp³-hybridized carbons (Fsp3) is 0.636. The first kappa shape index (κ1) is 7.15. The molecule has 0 amide bonds. The Morgan fingerprint density at radius 3 is 2.18 bits per heavy atom. The molecule has 0 radical (unpaired) electrons. The van der Waals surface area contributed by atoms with Crippen molar-refractivity contribution in [1.29, 1.82) is 0 Å². The Balaban J connectivity index is 2.54. The number of fused-ring (bicyclic) bond motifs is 1. The average molecular weight is 148 g/mol. The van der Waals surface area contributed by atoms with Crippen molar-refractivity contribution in [2.24, 2.45) is 10.8 Å². The summed E-state index contributed by atoms with van der Waals surface area (Å²) in [6.07, 6.45) is 4.72. The molecule has 0 saturated heterocycles. The van der Waals surface area contributed by atoms with E-state index >= 15 is 0 Å². The van der Waals surface area contributed by atoms with E-state index < -0.39 is 0 Å². The van der Waals surface area contributed by atoms with Gasteiger partial charge in [0.05, 0.1) is 0 Å². The highest BCUT2D eigenvalue weighted by atomic mass is 14.6. The van der Waals surface area contributed by atoms with Crippen molar-refractivity contribution in [3.63, 3.8) is 0 Å². The van der Waals surface area contributed by atoms with E-state index in [4.69, 9.17) is 0 Å². The minimum Gasteiger partial charge on any atom is -0.0988 e. The summed E-state index contributed by atoms with van der Waals surface area (Å²) in [5, 5.41) is 0. The zero-order valence-electron chi connectivity index (χ0n) is 7.70. The van der Waals surface area contributed by atoms with Gasteiger partial charge >= 0.3 is 0 Å². The van der Waals surface area contributed by atoms with E-state index in [1.807, 2.05) is 0 Å². The van der Waals surface area contributed by atoms with Gasteiger partial charge in [0.15, 0.2) is 0 Å². The molecule has 1 fully saturated rings. The number of hydrogen-bond donors (Lipinski definition) is 0. The Morgan fingerprint density at radius 2 is 2.00 bits per heavy atom. The predicted octanol–water partition coefficient (Wildman–Crippen LogP) is 3.31. The standard InChI is InChI=1S/C11H16/c1-5-8-9-6-7-11(8,4)10(9,2)3/h5H,1,6-7H2,2-4H3/t11-/m0/s1. The van der Waals surface area contributed by atoms with Crippen LogP contribution in [-0.4, -0.2) is 0 Å². The third kappa shape index (κ3) is 0.503. The molecule has 0 unspecified atom stereocenters. The predicted molar refractivity (Wildman–Crippen MR) is 48.3 cm³/mol. The third-order valence-corrected chi connectivity index (χ3v) is 4.13. The van der Waals surface area contributed by atoms with Crippen LogP contribution in [0.4, 0.5) is 0 Å². The second-order valence-corrected chi connectivity index (χ2v) is 4.55. The topological polar surface area (TPSA) is 0 Å². The van der Waals surface area contributed by atoms with Gasteiger partial charge in [0.2, 0.25) is 0 Å². The normalized spacial score (nSPS) is 38.8. The van der Waals surface area contributed by atoms with E-state index in [-0.39, 0.29) is 0 Å². The van der Waals surface area contributed by atoms with E-state index in [0.29, 0.717) is 10.8 Å². The summed E-state index contributed by atoms with van der Waals surface area (Å²) in [5.74, 6) is 0. The molecule has 11 heavy (non-hydrogen) atoms. The molecule has 1 atom stereocenters. The smallest absolute Gasteiger partial charge is 0.00158 e. The van der Waals surface area contributed by atoms with Gasteiger partial charge in [0, 0.05) is 5.41 Å². The van der Waals surface area contributed by atoms with Crippen molar-refractivity contribution < 1.29 is 0 Å². The molecule has 0 heterocycles. The highest BCUT2D eigenvalue weighted by molar-refractivity contribution is 5.51. The summed E-state index contributed by atoms with van der Waals surface area (Å²) in [5.41, 5.74) is 4.14. The summed E-state index contributed by atoms with van der Waals surface area (Å²) in [6, 6.07) is 0. The molecule has 2 bridgehead atoms. The molecule has 3 aliphatic carbocycles. The van der Waals surface area contributed by atoms with Crippen LogP contribution in [0.2, 0.25) is 0 Å². The lowest BCUT2D eigenvalue weighted by molar-refractivity contribution is 0.172. The number of rotatable bonds is 1. The van der Waals surface area contributed by atoms with Crippen molar-refractivity contribution in [2.45, 2.75) is 33.6 Å². The van der Waals surface area contributed by atoms with Gasteiger partial charge in [-0.25, -0.2) is 0 Å². The van der Waals surface area contributed by atoms with Gasteiger partial charge in [0.1, 0.15) is 0 Å². The molecule has 0 aromatic heterocycles. The van der Waals surface area contributed by atoms with Gasteiger partial charge in [-0.1, -0.05) is 39.0 Å². The van der Waals surface area contributed by atoms with Crippen LogP contribution in [0.15, 0.2) is 23.8 Å². The second-order valence-electron chi connectivity index (χ2n) is 4.55. The number of hydrogen-bond acceptors (Lipinski definition) is 0. The van der Waals surface area contributed by atoms with Crippen LogP contribution in [0, 0.1) is 10.8 Å². The Kier molecular flexibility index (Phi) is 1.06. The largest absolute Gasteiger partial charge is 0.0988 e. The second kappa shape index (κ2) is 1.63. The van der Waals surface area contributed by atoms with Crippen molar-refractivity contribution in [2.75, 3.05) is 0 Å². The highest BCUT2D eigenvalue weighted by Gasteiger charge is 2.59. The van der Waals surface area contributed by atoms with Crippen LogP contribution in [-0.2, 0) is 0 Å². The van der Waals surface area contributed by atoms with Gasteiger partial charge in [-0.15, -0.1) is 0 Å². The quantitative estimate of drug-likeness (QED) is 0.535. The molecule has 1 saturated carbocycles. The minimum absolute atomic E-state index is 0.462. The summed E-state index contributed by atoms with van der Waals surface area (Å²) >= 11 is 0. The minimum atomic E-state index is 0.462. The summed E-state index contributed by atoms with van der Waals surface area (Å²) in [7, 11) is 0. The molecule has 0 spiro atoms. The van der Waals surface area contributed by atoms with Crippen LogP contribution < -0.4 is 0 Å². The summed E-state index contributed by atoms with van der Waals surface area (Å²) in [4.78, 5) is 0. The van der Waals surface area contributed by atoms with Gasteiger partial charge in [0.25, 0.3) is 0 Å². The van der Waals surface area contributed by atoms with Crippen LogP contribution in [0.25, 0.3) is 0 Å². The first-order valence-electron chi connectivity index (χ1n) is 4.40. The average Bonchev–Trinajstić information content (AvgIpc) is 2.38. The third-order valence-electron chi connectivity index (χ3n) is 4.13. The molecule has 0 nitrogen and oxygen atoms in total. The van der Waals surface area contributed by atoms with Crippen LogP contribution >= 0.6 is 0 Å². The van der Waals surface area contributed by atoms with Gasteiger partial charge < -0.3 is 0 Å². The molecular formula is C11H16. The Hall–Kier alpha value is -0.520. The molecule has 3 aliphatic rings. The molecule has 0 aliphatic heterocycles. The molecule has 0 N–H and O–H groups in total. The maximum absolute atomic E-state index is 3.88. The Morgan fingerprint density at radius 1 is 1.36 bits per heavy atom. The van der Waals surface area contributed by atoms with Crippen molar-refractivity contribution >= 4 is 0 Å². The van der Waals surface area contributed by atoms with Crippen LogP contribution in [0.1, 0.15) is 33.6 Å². The lowest BCUT2D eigenvalue weighted by atomic mass is 9.54. The van der Waals surface area contributed by atoms with Gasteiger partial charge in [-0.05, 0) is 23.8 Å². The van der Waals surface area contributed by atoms with Crippen molar-refractivity contribution in [1.82, 2.24) is 0 Å².